The Balaban J connectivity index is 2.50. The van der Waals surface area contributed by atoms with Gasteiger partial charge in [-0.1, -0.05) is 23.7 Å². The summed E-state index contributed by atoms with van der Waals surface area (Å²) in [4.78, 5) is 0. The molecule has 0 bridgehead atoms. The summed E-state index contributed by atoms with van der Waals surface area (Å²) in [5.74, 6) is 0. The number of rotatable bonds is 2. The Morgan fingerprint density at radius 1 is 1.00 bits per heavy atom. The fourth-order valence-electron chi connectivity index (χ4n) is 1.81. The van der Waals surface area contributed by atoms with Gasteiger partial charge < -0.3 is 5.73 Å². The third-order valence-corrected chi connectivity index (χ3v) is 2.93. The van der Waals surface area contributed by atoms with Crippen LogP contribution >= 0.6 is 11.6 Å². The van der Waals surface area contributed by atoms with Gasteiger partial charge in [0.2, 0.25) is 0 Å². The zero-order valence-corrected chi connectivity index (χ0v) is 10.6. The first-order chi connectivity index (χ1) is 8.90. The molecule has 19 heavy (non-hydrogen) atoms. The number of hydrogen-bond donors (Lipinski definition) is 1. The topological polar surface area (TPSA) is 26.0 Å². The van der Waals surface area contributed by atoms with Gasteiger partial charge in [-0.2, -0.15) is 13.2 Å². The third-order valence-electron chi connectivity index (χ3n) is 2.72. The van der Waals surface area contributed by atoms with E-state index in [4.69, 9.17) is 17.3 Å². The van der Waals surface area contributed by atoms with Gasteiger partial charge in [0.15, 0.2) is 0 Å². The minimum Gasteiger partial charge on any atom is -0.326 e. The zero-order chi connectivity index (χ0) is 14.0. The second-order valence-electron chi connectivity index (χ2n) is 4.13. The summed E-state index contributed by atoms with van der Waals surface area (Å²) in [6.07, 6.45) is -4.36. The molecule has 0 aliphatic heterocycles. The molecule has 0 saturated carbocycles. The van der Waals surface area contributed by atoms with Crippen LogP contribution in [0.1, 0.15) is 11.1 Å². The van der Waals surface area contributed by atoms with Crippen LogP contribution < -0.4 is 5.73 Å². The van der Waals surface area contributed by atoms with Crippen molar-refractivity contribution < 1.29 is 13.2 Å². The van der Waals surface area contributed by atoms with Crippen molar-refractivity contribution in [2.45, 2.75) is 12.7 Å². The molecule has 0 spiro atoms. The summed E-state index contributed by atoms with van der Waals surface area (Å²) >= 11 is 5.93. The number of hydrogen-bond acceptors (Lipinski definition) is 1. The monoisotopic (exact) mass is 285 g/mol. The molecule has 2 rings (SSSR count). The minimum absolute atomic E-state index is 0.284. The number of halogens is 4. The lowest BCUT2D eigenvalue weighted by Crippen LogP contribution is -2.04. The Morgan fingerprint density at radius 3 is 2.37 bits per heavy atom. The van der Waals surface area contributed by atoms with Gasteiger partial charge in [-0.3, -0.25) is 0 Å². The first-order valence-corrected chi connectivity index (χ1v) is 5.95. The van der Waals surface area contributed by atoms with Crippen molar-refractivity contribution >= 4 is 11.6 Å². The lowest BCUT2D eigenvalue weighted by Gasteiger charge is -2.10. The van der Waals surface area contributed by atoms with E-state index in [1.807, 2.05) is 0 Å². The molecular formula is C14H11ClF3N. The highest BCUT2D eigenvalue weighted by atomic mass is 35.5. The molecule has 0 aliphatic rings. The second kappa shape index (κ2) is 5.23. The first kappa shape index (κ1) is 13.9. The average Bonchev–Trinajstić information content (AvgIpc) is 2.37. The standard InChI is InChI=1S/C14H11ClF3N/c15-13-5-9(8-19)4-11(7-13)10-2-1-3-12(6-10)14(16,17)18/h1-7H,8,19H2. The predicted molar refractivity (Wildman–Crippen MR) is 69.8 cm³/mol. The van der Waals surface area contributed by atoms with E-state index in [1.165, 1.54) is 6.07 Å². The molecule has 0 heterocycles. The SMILES string of the molecule is NCc1cc(Cl)cc(-c2cccc(C(F)(F)F)c2)c1. The number of alkyl halides is 3. The molecule has 2 aromatic carbocycles. The Bertz CT molecular complexity index is 593. The molecule has 5 heteroatoms. The van der Waals surface area contributed by atoms with Crippen LogP contribution in [-0.2, 0) is 12.7 Å². The maximum atomic E-state index is 12.7. The van der Waals surface area contributed by atoms with Crippen LogP contribution in [0.2, 0.25) is 5.02 Å². The van der Waals surface area contributed by atoms with Crippen molar-refractivity contribution in [2.75, 3.05) is 0 Å². The molecule has 1 nitrogen and oxygen atoms in total. The Morgan fingerprint density at radius 2 is 1.74 bits per heavy atom. The molecular weight excluding hydrogens is 275 g/mol. The summed E-state index contributed by atoms with van der Waals surface area (Å²) in [6, 6.07) is 10.2. The normalized spacial score (nSPS) is 11.6. The fraction of sp³-hybridized carbons (Fsp3) is 0.143. The van der Waals surface area contributed by atoms with E-state index in [0.717, 1.165) is 17.7 Å². The quantitative estimate of drug-likeness (QED) is 0.865. The Kier molecular flexibility index (Phi) is 3.83. The van der Waals surface area contributed by atoms with Crippen LogP contribution in [-0.4, -0.2) is 0 Å². The van der Waals surface area contributed by atoms with E-state index < -0.39 is 11.7 Å². The molecule has 0 aliphatic carbocycles. The molecule has 0 saturated heterocycles. The largest absolute Gasteiger partial charge is 0.416 e. The summed E-state index contributed by atoms with van der Waals surface area (Å²) < 4.78 is 38.0. The molecule has 0 amide bonds. The molecule has 100 valence electrons. The van der Waals surface area contributed by atoms with Crippen LogP contribution in [0.25, 0.3) is 11.1 Å². The second-order valence-corrected chi connectivity index (χ2v) is 4.57. The third kappa shape index (κ3) is 3.28. The Labute approximate surface area is 113 Å². The van der Waals surface area contributed by atoms with Crippen molar-refractivity contribution in [3.63, 3.8) is 0 Å². The van der Waals surface area contributed by atoms with Gasteiger partial charge in [-0.15, -0.1) is 0 Å². The summed E-state index contributed by atoms with van der Waals surface area (Å²) in [7, 11) is 0. The number of nitrogens with two attached hydrogens (primary N) is 1. The highest BCUT2D eigenvalue weighted by Gasteiger charge is 2.30. The van der Waals surface area contributed by atoms with Crippen molar-refractivity contribution in [2.24, 2.45) is 5.73 Å². The van der Waals surface area contributed by atoms with Gasteiger partial charge in [0.25, 0.3) is 0 Å². The van der Waals surface area contributed by atoms with Crippen molar-refractivity contribution in [1.82, 2.24) is 0 Å². The van der Waals surface area contributed by atoms with Crippen molar-refractivity contribution in [3.05, 3.63) is 58.6 Å². The van der Waals surface area contributed by atoms with Gasteiger partial charge in [-0.05, 0) is 47.0 Å². The lowest BCUT2D eigenvalue weighted by molar-refractivity contribution is -0.137. The predicted octanol–water partition coefficient (Wildman–Crippen LogP) is 4.48. The van der Waals surface area contributed by atoms with Gasteiger partial charge in [0.1, 0.15) is 0 Å². The maximum absolute atomic E-state index is 12.7. The van der Waals surface area contributed by atoms with Gasteiger partial charge in [-0.25, -0.2) is 0 Å². The highest BCUT2D eigenvalue weighted by Crippen LogP contribution is 2.33. The van der Waals surface area contributed by atoms with Crippen molar-refractivity contribution in [3.8, 4) is 11.1 Å². The van der Waals surface area contributed by atoms with Gasteiger partial charge in [0.05, 0.1) is 5.56 Å². The smallest absolute Gasteiger partial charge is 0.326 e. The Hall–Kier alpha value is -1.52. The fourth-order valence-corrected chi connectivity index (χ4v) is 2.07. The van der Waals surface area contributed by atoms with Crippen molar-refractivity contribution in [1.29, 1.82) is 0 Å². The summed E-state index contributed by atoms with van der Waals surface area (Å²) in [5.41, 5.74) is 6.71. The van der Waals surface area contributed by atoms with Crippen LogP contribution in [0, 0.1) is 0 Å². The van der Waals surface area contributed by atoms with Crippen LogP contribution in [0.4, 0.5) is 13.2 Å². The average molecular weight is 286 g/mol. The molecule has 2 aromatic rings. The molecule has 0 fully saturated rings. The minimum atomic E-state index is -4.36. The van der Waals surface area contributed by atoms with E-state index in [0.29, 0.717) is 16.1 Å². The zero-order valence-electron chi connectivity index (χ0n) is 9.84. The van der Waals surface area contributed by atoms with Gasteiger partial charge >= 0.3 is 6.18 Å². The van der Waals surface area contributed by atoms with E-state index in [1.54, 1.807) is 24.3 Å². The maximum Gasteiger partial charge on any atom is 0.416 e. The van der Waals surface area contributed by atoms with E-state index in [2.05, 4.69) is 0 Å². The molecule has 0 radical (unpaired) electrons. The summed E-state index contributed by atoms with van der Waals surface area (Å²) in [6.45, 7) is 0.284. The van der Waals surface area contributed by atoms with E-state index in [-0.39, 0.29) is 6.54 Å². The molecule has 0 atom stereocenters. The number of benzene rings is 2. The van der Waals surface area contributed by atoms with Crippen LogP contribution in [0.3, 0.4) is 0 Å². The van der Waals surface area contributed by atoms with E-state index >= 15 is 0 Å². The van der Waals surface area contributed by atoms with E-state index in [9.17, 15) is 13.2 Å². The molecule has 2 N–H and O–H groups in total. The molecule has 0 unspecified atom stereocenters. The summed E-state index contributed by atoms with van der Waals surface area (Å²) in [5, 5.41) is 0.454. The lowest BCUT2D eigenvalue weighted by atomic mass is 10.0. The highest BCUT2D eigenvalue weighted by molar-refractivity contribution is 6.31. The van der Waals surface area contributed by atoms with Crippen LogP contribution in [0.5, 0.6) is 0 Å². The van der Waals surface area contributed by atoms with Gasteiger partial charge in [0, 0.05) is 11.6 Å². The first-order valence-electron chi connectivity index (χ1n) is 5.57. The van der Waals surface area contributed by atoms with Crippen LogP contribution in [0.15, 0.2) is 42.5 Å². The molecule has 0 aromatic heterocycles.